The average Bonchev–Trinajstić information content (AvgIpc) is 2.72. The zero-order valence-corrected chi connectivity index (χ0v) is 17.5. The maximum atomic E-state index is 12.3. The number of esters is 1. The maximum Gasteiger partial charge on any atom is 0.332 e. The van der Waals surface area contributed by atoms with E-state index in [1.54, 1.807) is 12.1 Å². The SMILES string of the molecule is COc1cc(C=CC(=O)OCC(=O)c2c(N)n(C)c(=O)n(C)c2=O)cc(Cl)c1OC. The van der Waals surface area contributed by atoms with Gasteiger partial charge in [0.15, 0.2) is 18.1 Å². The Morgan fingerprint density at radius 3 is 2.40 bits per heavy atom. The second kappa shape index (κ2) is 9.31. The van der Waals surface area contributed by atoms with Crippen LogP contribution in [0.25, 0.3) is 6.08 Å². The van der Waals surface area contributed by atoms with Gasteiger partial charge in [0.25, 0.3) is 5.56 Å². The van der Waals surface area contributed by atoms with E-state index in [2.05, 4.69) is 0 Å². The highest BCUT2D eigenvalue weighted by Gasteiger charge is 2.21. The highest BCUT2D eigenvalue weighted by atomic mass is 35.5. The number of aromatic nitrogens is 2. The molecule has 0 unspecified atom stereocenters. The molecule has 2 N–H and O–H groups in total. The van der Waals surface area contributed by atoms with Gasteiger partial charge in [-0.3, -0.25) is 18.7 Å². The first kappa shape index (κ1) is 22.8. The molecule has 30 heavy (non-hydrogen) atoms. The van der Waals surface area contributed by atoms with Crippen molar-refractivity contribution in [2.24, 2.45) is 14.1 Å². The molecule has 1 heterocycles. The lowest BCUT2D eigenvalue weighted by molar-refractivity contribution is -0.136. The van der Waals surface area contributed by atoms with E-state index in [1.807, 2.05) is 0 Å². The summed E-state index contributed by atoms with van der Waals surface area (Å²) >= 11 is 6.10. The third kappa shape index (κ3) is 4.54. The fourth-order valence-electron chi connectivity index (χ4n) is 2.58. The number of halogens is 1. The number of nitrogens with zero attached hydrogens (tertiary/aromatic N) is 2. The Morgan fingerprint density at radius 1 is 1.13 bits per heavy atom. The lowest BCUT2D eigenvalue weighted by Gasteiger charge is -2.10. The van der Waals surface area contributed by atoms with Crippen LogP contribution >= 0.6 is 11.6 Å². The molecular formula is C19H20ClN3O7. The monoisotopic (exact) mass is 437 g/mol. The number of carbonyl (C=O) groups excluding carboxylic acids is 2. The third-order valence-electron chi connectivity index (χ3n) is 4.20. The molecule has 0 radical (unpaired) electrons. The van der Waals surface area contributed by atoms with Crippen molar-refractivity contribution in [2.45, 2.75) is 0 Å². The normalized spacial score (nSPS) is 10.8. The van der Waals surface area contributed by atoms with Crippen molar-refractivity contribution >= 4 is 35.2 Å². The highest BCUT2D eigenvalue weighted by molar-refractivity contribution is 6.32. The Balaban J connectivity index is 2.14. The van der Waals surface area contributed by atoms with Gasteiger partial charge in [-0.25, -0.2) is 9.59 Å². The standard InChI is InChI=1S/C19H20ClN3O7/c1-22-17(21)15(18(26)23(2)19(22)27)12(24)9-30-14(25)6-5-10-7-11(20)16(29-4)13(8-10)28-3/h5-8H,9,21H2,1-4H3. The molecule has 0 spiro atoms. The highest BCUT2D eigenvalue weighted by Crippen LogP contribution is 2.36. The molecule has 0 bridgehead atoms. The fraction of sp³-hybridized carbons (Fsp3) is 0.263. The number of hydrogen-bond donors (Lipinski definition) is 1. The molecule has 1 aromatic carbocycles. The molecule has 0 aliphatic carbocycles. The molecule has 160 valence electrons. The number of nitrogen functional groups attached to an aromatic ring is 1. The zero-order valence-electron chi connectivity index (χ0n) is 16.7. The number of rotatable bonds is 7. The number of carbonyl (C=O) groups is 2. The minimum Gasteiger partial charge on any atom is -0.493 e. The van der Waals surface area contributed by atoms with Gasteiger partial charge in [0.1, 0.15) is 11.4 Å². The van der Waals surface area contributed by atoms with E-state index in [0.717, 1.165) is 15.2 Å². The molecule has 0 fully saturated rings. The summed E-state index contributed by atoms with van der Waals surface area (Å²) in [6.45, 7) is -0.729. The summed E-state index contributed by atoms with van der Waals surface area (Å²) in [6.07, 6.45) is 2.48. The summed E-state index contributed by atoms with van der Waals surface area (Å²) in [5, 5.41) is 0.279. The molecule has 11 heteroatoms. The van der Waals surface area contributed by atoms with Crippen LogP contribution in [0.4, 0.5) is 5.82 Å². The number of benzene rings is 1. The van der Waals surface area contributed by atoms with E-state index in [1.165, 1.54) is 34.4 Å². The summed E-state index contributed by atoms with van der Waals surface area (Å²) in [7, 11) is 5.41. The van der Waals surface area contributed by atoms with E-state index >= 15 is 0 Å². The van der Waals surface area contributed by atoms with Crippen molar-refractivity contribution < 1.29 is 23.8 Å². The molecule has 2 rings (SSSR count). The Kier molecular flexibility index (Phi) is 7.06. The number of Topliss-reactive ketones (excluding diaryl/α,β-unsaturated/α-hetero) is 1. The first-order valence-electron chi connectivity index (χ1n) is 8.47. The van der Waals surface area contributed by atoms with Gasteiger partial charge in [-0.15, -0.1) is 0 Å². The van der Waals surface area contributed by atoms with Gasteiger partial charge >= 0.3 is 11.7 Å². The molecular weight excluding hydrogens is 418 g/mol. The largest absolute Gasteiger partial charge is 0.493 e. The van der Waals surface area contributed by atoms with Gasteiger partial charge < -0.3 is 19.9 Å². The quantitative estimate of drug-likeness (QED) is 0.381. The smallest absolute Gasteiger partial charge is 0.332 e. The number of hydrogen-bond acceptors (Lipinski definition) is 8. The fourth-order valence-corrected chi connectivity index (χ4v) is 2.87. The molecule has 0 aliphatic heterocycles. The van der Waals surface area contributed by atoms with Gasteiger partial charge in [0.2, 0.25) is 5.78 Å². The molecule has 0 amide bonds. The van der Waals surface area contributed by atoms with Crippen LogP contribution in [0.15, 0.2) is 27.8 Å². The second-order valence-corrected chi connectivity index (χ2v) is 6.48. The van der Waals surface area contributed by atoms with E-state index in [-0.39, 0.29) is 10.8 Å². The Bertz CT molecular complexity index is 1150. The second-order valence-electron chi connectivity index (χ2n) is 6.07. The number of ether oxygens (including phenoxy) is 3. The first-order valence-corrected chi connectivity index (χ1v) is 8.85. The average molecular weight is 438 g/mol. The van der Waals surface area contributed by atoms with Gasteiger partial charge in [-0.1, -0.05) is 11.6 Å². The van der Waals surface area contributed by atoms with Crippen molar-refractivity contribution in [1.29, 1.82) is 0 Å². The predicted octanol–water partition coefficient (Wildman–Crippen LogP) is 0.776. The molecule has 0 atom stereocenters. The van der Waals surface area contributed by atoms with E-state index in [0.29, 0.717) is 17.1 Å². The zero-order chi connectivity index (χ0) is 22.6. The van der Waals surface area contributed by atoms with Crippen molar-refractivity contribution in [3.05, 3.63) is 55.2 Å². The summed E-state index contributed by atoms with van der Waals surface area (Å²) in [5.41, 5.74) is 4.25. The number of ketones is 1. The number of anilines is 1. The van der Waals surface area contributed by atoms with Crippen LogP contribution in [0, 0.1) is 0 Å². The van der Waals surface area contributed by atoms with Crippen LogP contribution in [-0.2, 0) is 23.6 Å². The van der Waals surface area contributed by atoms with Crippen molar-refractivity contribution in [3.63, 3.8) is 0 Å². The lowest BCUT2D eigenvalue weighted by Crippen LogP contribution is -2.42. The van der Waals surface area contributed by atoms with Crippen LogP contribution in [0.2, 0.25) is 5.02 Å². The predicted molar refractivity (Wildman–Crippen MR) is 110 cm³/mol. The Hall–Kier alpha value is -3.53. The van der Waals surface area contributed by atoms with Crippen LogP contribution < -0.4 is 26.5 Å². The van der Waals surface area contributed by atoms with E-state index in [4.69, 9.17) is 31.5 Å². The van der Waals surface area contributed by atoms with Crippen LogP contribution in [-0.4, -0.2) is 41.7 Å². The molecule has 0 saturated heterocycles. The Labute approximate surface area is 176 Å². The van der Waals surface area contributed by atoms with Gasteiger partial charge in [0.05, 0.1) is 19.2 Å². The van der Waals surface area contributed by atoms with Gasteiger partial charge in [-0.2, -0.15) is 0 Å². The molecule has 2 aromatic rings. The van der Waals surface area contributed by atoms with Crippen LogP contribution in [0.1, 0.15) is 15.9 Å². The lowest BCUT2D eigenvalue weighted by atomic mass is 10.2. The van der Waals surface area contributed by atoms with Crippen molar-refractivity contribution in [2.75, 3.05) is 26.6 Å². The maximum absolute atomic E-state index is 12.3. The molecule has 0 saturated carbocycles. The molecule has 1 aromatic heterocycles. The van der Waals surface area contributed by atoms with Gasteiger partial charge in [0, 0.05) is 20.2 Å². The summed E-state index contributed by atoms with van der Waals surface area (Å²) in [5.74, 6) is -1.26. The van der Waals surface area contributed by atoms with Crippen LogP contribution in [0.3, 0.4) is 0 Å². The van der Waals surface area contributed by atoms with E-state index in [9.17, 15) is 19.2 Å². The molecule has 10 nitrogen and oxygen atoms in total. The summed E-state index contributed by atoms with van der Waals surface area (Å²) in [4.78, 5) is 48.2. The van der Waals surface area contributed by atoms with Gasteiger partial charge in [-0.05, 0) is 23.8 Å². The topological polar surface area (TPSA) is 132 Å². The van der Waals surface area contributed by atoms with Crippen LogP contribution in [0.5, 0.6) is 11.5 Å². The minimum atomic E-state index is -0.868. The van der Waals surface area contributed by atoms with E-state index < -0.39 is 35.2 Å². The van der Waals surface area contributed by atoms with Crippen molar-refractivity contribution in [1.82, 2.24) is 9.13 Å². The first-order chi connectivity index (χ1) is 14.1. The summed E-state index contributed by atoms with van der Waals surface area (Å²) < 4.78 is 16.9. The number of nitrogens with two attached hydrogens (primary N) is 1. The van der Waals surface area contributed by atoms with Crippen molar-refractivity contribution in [3.8, 4) is 11.5 Å². The number of methoxy groups -OCH3 is 2. The minimum absolute atomic E-state index is 0.279. The third-order valence-corrected chi connectivity index (χ3v) is 4.48. The molecule has 0 aliphatic rings. The summed E-state index contributed by atoms with van der Waals surface area (Å²) in [6, 6.07) is 3.14. The Morgan fingerprint density at radius 2 is 1.80 bits per heavy atom.